The van der Waals surface area contributed by atoms with Crippen molar-refractivity contribution in [3.8, 4) is 0 Å². The molecule has 0 atom stereocenters. The summed E-state index contributed by atoms with van der Waals surface area (Å²) in [4.78, 5) is 26.7. The van der Waals surface area contributed by atoms with Crippen LogP contribution >= 0.6 is 24.0 Å². The second-order valence-electron chi connectivity index (χ2n) is 6.44. The van der Waals surface area contributed by atoms with Crippen LogP contribution in [0.2, 0.25) is 0 Å². The van der Waals surface area contributed by atoms with E-state index >= 15 is 0 Å². The number of anilines is 1. The number of hydrogen-bond acceptors (Lipinski definition) is 7. The predicted octanol–water partition coefficient (Wildman–Crippen LogP) is 3.98. The topological polar surface area (TPSA) is 88.3 Å². The Hall–Kier alpha value is -3.11. The van der Waals surface area contributed by atoms with E-state index in [0.29, 0.717) is 44.5 Å². The zero-order valence-corrected chi connectivity index (χ0v) is 17.1. The van der Waals surface area contributed by atoms with Gasteiger partial charge in [0.15, 0.2) is 5.52 Å². The SMILES string of the molecule is O=C(CCCN1C(=O)/C(=C/c2ccccc2F)SC1=S)Nc1cccc2nonc12. The quantitative estimate of drug-likeness (QED) is 0.456. The number of carbonyl (C=O) groups excluding carboxylic acids is 2. The van der Waals surface area contributed by atoms with Gasteiger partial charge in [-0.05, 0) is 41.0 Å². The Morgan fingerprint density at radius 1 is 1.23 bits per heavy atom. The first-order chi connectivity index (χ1) is 14.5. The number of amides is 2. The largest absolute Gasteiger partial charge is 0.324 e. The monoisotopic (exact) mass is 442 g/mol. The van der Waals surface area contributed by atoms with Crippen molar-refractivity contribution in [3.63, 3.8) is 0 Å². The van der Waals surface area contributed by atoms with Crippen LogP contribution in [-0.4, -0.2) is 37.9 Å². The molecule has 30 heavy (non-hydrogen) atoms. The van der Waals surface area contributed by atoms with Crippen LogP contribution in [-0.2, 0) is 9.59 Å². The number of thiocarbonyl (C=S) groups is 1. The summed E-state index contributed by atoms with van der Waals surface area (Å²) in [5, 5.41) is 10.3. The molecule has 10 heteroatoms. The number of benzene rings is 2. The van der Waals surface area contributed by atoms with Crippen LogP contribution in [0.4, 0.5) is 10.1 Å². The summed E-state index contributed by atoms with van der Waals surface area (Å²) in [5.41, 5.74) is 1.86. The van der Waals surface area contributed by atoms with Gasteiger partial charge in [0.1, 0.15) is 15.7 Å². The number of aromatic nitrogens is 2. The summed E-state index contributed by atoms with van der Waals surface area (Å²) in [6.45, 7) is 0.294. The number of nitrogens with one attached hydrogen (secondary N) is 1. The normalized spacial score (nSPS) is 15.4. The molecule has 1 fully saturated rings. The molecule has 0 unspecified atom stereocenters. The first kappa shape index (κ1) is 20.2. The van der Waals surface area contributed by atoms with Crippen molar-refractivity contribution < 1.29 is 18.6 Å². The van der Waals surface area contributed by atoms with Crippen molar-refractivity contribution in [1.29, 1.82) is 0 Å². The zero-order valence-electron chi connectivity index (χ0n) is 15.5. The summed E-state index contributed by atoms with van der Waals surface area (Å²) < 4.78 is 18.9. The number of halogens is 1. The Labute approximate surface area is 180 Å². The summed E-state index contributed by atoms with van der Waals surface area (Å²) in [6.07, 6.45) is 2.09. The number of fused-ring (bicyclic) bond motifs is 1. The molecule has 2 aromatic carbocycles. The van der Waals surface area contributed by atoms with E-state index in [0.717, 1.165) is 11.8 Å². The molecule has 0 aliphatic carbocycles. The molecule has 0 bridgehead atoms. The van der Waals surface area contributed by atoms with Crippen molar-refractivity contribution >= 4 is 62.9 Å². The minimum Gasteiger partial charge on any atom is -0.324 e. The highest BCUT2D eigenvalue weighted by molar-refractivity contribution is 8.26. The molecule has 1 saturated heterocycles. The number of thioether (sulfide) groups is 1. The maximum absolute atomic E-state index is 13.8. The first-order valence-electron chi connectivity index (χ1n) is 9.04. The summed E-state index contributed by atoms with van der Waals surface area (Å²) in [5.74, 6) is -0.915. The molecule has 2 heterocycles. The molecule has 1 N–H and O–H groups in total. The zero-order chi connectivity index (χ0) is 21.1. The molecule has 0 radical (unpaired) electrons. The molecule has 1 aromatic heterocycles. The molecule has 1 aliphatic heterocycles. The smallest absolute Gasteiger partial charge is 0.266 e. The Bertz CT molecular complexity index is 1180. The van der Waals surface area contributed by atoms with Crippen LogP contribution in [0.5, 0.6) is 0 Å². The maximum atomic E-state index is 13.8. The van der Waals surface area contributed by atoms with Gasteiger partial charge in [0.2, 0.25) is 5.91 Å². The van der Waals surface area contributed by atoms with Gasteiger partial charge in [0, 0.05) is 18.5 Å². The van der Waals surface area contributed by atoms with E-state index in [2.05, 4.69) is 20.3 Å². The molecule has 1 aliphatic rings. The van der Waals surface area contributed by atoms with Gasteiger partial charge in [-0.2, -0.15) is 0 Å². The second-order valence-corrected chi connectivity index (χ2v) is 8.12. The lowest BCUT2D eigenvalue weighted by Crippen LogP contribution is -2.29. The third-order valence-electron chi connectivity index (χ3n) is 4.41. The maximum Gasteiger partial charge on any atom is 0.266 e. The minimum atomic E-state index is -0.406. The Morgan fingerprint density at radius 3 is 2.90 bits per heavy atom. The van der Waals surface area contributed by atoms with E-state index in [1.165, 1.54) is 17.0 Å². The fourth-order valence-corrected chi connectivity index (χ4v) is 4.24. The average Bonchev–Trinajstić information content (AvgIpc) is 3.30. The lowest BCUT2D eigenvalue weighted by molar-refractivity contribution is -0.122. The van der Waals surface area contributed by atoms with Crippen molar-refractivity contribution in [2.24, 2.45) is 0 Å². The van der Waals surface area contributed by atoms with Gasteiger partial charge in [0.25, 0.3) is 5.91 Å². The Balaban J connectivity index is 1.34. The van der Waals surface area contributed by atoms with E-state index in [1.807, 2.05) is 0 Å². The van der Waals surface area contributed by atoms with E-state index in [9.17, 15) is 14.0 Å². The van der Waals surface area contributed by atoms with Crippen molar-refractivity contribution in [3.05, 3.63) is 58.8 Å². The Morgan fingerprint density at radius 2 is 2.07 bits per heavy atom. The van der Waals surface area contributed by atoms with E-state index in [-0.39, 0.29) is 18.2 Å². The van der Waals surface area contributed by atoms with E-state index < -0.39 is 5.82 Å². The lowest BCUT2D eigenvalue weighted by Gasteiger charge is -2.14. The number of carbonyl (C=O) groups is 2. The standard InChI is InChI=1S/C20H15FN4O3S2/c21-13-6-2-1-5-12(13)11-16-19(27)25(20(29)30-16)10-4-9-17(26)22-14-7-3-8-15-18(14)24-28-23-15/h1-3,5-8,11H,4,9-10H2,(H,22,26)/b16-11-. The molecule has 4 rings (SSSR count). The van der Waals surface area contributed by atoms with Crippen LogP contribution in [0.15, 0.2) is 52.0 Å². The van der Waals surface area contributed by atoms with Crippen LogP contribution in [0.25, 0.3) is 17.1 Å². The third-order valence-corrected chi connectivity index (χ3v) is 5.79. The summed E-state index contributed by atoms with van der Waals surface area (Å²) >= 11 is 6.40. The lowest BCUT2D eigenvalue weighted by atomic mass is 10.2. The molecule has 7 nitrogen and oxygen atoms in total. The molecule has 3 aromatic rings. The molecule has 0 spiro atoms. The highest BCUT2D eigenvalue weighted by atomic mass is 32.2. The van der Waals surface area contributed by atoms with Gasteiger partial charge in [-0.3, -0.25) is 14.5 Å². The third kappa shape index (κ3) is 4.24. The van der Waals surface area contributed by atoms with Gasteiger partial charge in [0.05, 0.1) is 10.6 Å². The van der Waals surface area contributed by atoms with E-state index in [4.69, 9.17) is 12.2 Å². The van der Waals surface area contributed by atoms with Crippen molar-refractivity contribution in [1.82, 2.24) is 15.2 Å². The molecular formula is C20H15FN4O3S2. The van der Waals surface area contributed by atoms with Crippen LogP contribution in [0, 0.1) is 5.82 Å². The minimum absolute atomic E-state index is 0.186. The second kappa shape index (κ2) is 8.72. The van der Waals surface area contributed by atoms with Crippen LogP contribution in [0.3, 0.4) is 0 Å². The first-order valence-corrected chi connectivity index (χ1v) is 10.3. The fraction of sp³-hybridized carbons (Fsp3) is 0.150. The van der Waals surface area contributed by atoms with Crippen LogP contribution < -0.4 is 5.32 Å². The average molecular weight is 442 g/mol. The Kier molecular flexibility index (Phi) is 5.86. The summed E-state index contributed by atoms with van der Waals surface area (Å²) in [6, 6.07) is 11.4. The van der Waals surface area contributed by atoms with Crippen LogP contribution in [0.1, 0.15) is 18.4 Å². The van der Waals surface area contributed by atoms with Gasteiger partial charge in [-0.15, -0.1) is 0 Å². The van der Waals surface area contributed by atoms with Crippen molar-refractivity contribution in [2.45, 2.75) is 12.8 Å². The van der Waals surface area contributed by atoms with Gasteiger partial charge in [-0.25, -0.2) is 9.02 Å². The molecule has 2 amide bonds. The number of nitrogens with zero attached hydrogens (tertiary/aromatic N) is 3. The van der Waals surface area contributed by atoms with Gasteiger partial charge >= 0.3 is 0 Å². The van der Waals surface area contributed by atoms with E-state index in [1.54, 1.807) is 36.4 Å². The molecule has 0 saturated carbocycles. The molecular weight excluding hydrogens is 427 g/mol. The predicted molar refractivity (Wildman–Crippen MR) is 116 cm³/mol. The van der Waals surface area contributed by atoms with Crippen molar-refractivity contribution in [2.75, 3.05) is 11.9 Å². The number of rotatable bonds is 6. The molecule has 152 valence electrons. The van der Waals surface area contributed by atoms with Gasteiger partial charge in [-0.1, -0.05) is 48.2 Å². The summed E-state index contributed by atoms with van der Waals surface area (Å²) in [7, 11) is 0. The highest BCUT2D eigenvalue weighted by Crippen LogP contribution is 2.33. The number of hydrogen-bond donors (Lipinski definition) is 1. The van der Waals surface area contributed by atoms with Gasteiger partial charge < -0.3 is 5.32 Å². The fourth-order valence-electron chi connectivity index (χ4n) is 2.94. The highest BCUT2D eigenvalue weighted by Gasteiger charge is 2.31.